The maximum absolute atomic E-state index is 5.42. The SMILES string of the molecule is CCNC(=NCc1cc(CC)no1)N1CCC2C(CCCN2Cc2ccccc2)C1.I. The largest absolute Gasteiger partial charge is 0.359 e. The third-order valence-corrected chi connectivity index (χ3v) is 6.40. The minimum absolute atomic E-state index is 0. The molecule has 0 amide bonds. The van der Waals surface area contributed by atoms with Crippen LogP contribution in [0, 0.1) is 5.92 Å². The van der Waals surface area contributed by atoms with Crippen LogP contribution in [0.5, 0.6) is 0 Å². The van der Waals surface area contributed by atoms with Crippen molar-refractivity contribution in [1.82, 2.24) is 20.3 Å². The molecule has 2 aromatic rings. The first-order chi connectivity index (χ1) is 14.8. The first-order valence-electron chi connectivity index (χ1n) is 11.5. The van der Waals surface area contributed by atoms with E-state index in [-0.39, 0.29) is 24.0 Å². The standard InChI is InChI=1S/C24H35N5O.HI/c1-3-21-15-22(30-27-21)16-26-24(25-4-2)29-14-12-23-20(18-29)11-8-13-28(23)17-19-9-6-5-7-10-19;/h5-7,9-10,15,20,23H,3-4,8,11-14,16-18H2,1-2H3,(H,25,26);1H. The molecule has 31 heavy (non-hydrogen) atoms. The van der Waals surface area contributed by atoms with Gasteiger partial charge >= 0.3 is 0 Å². The Kier molecular flexibility index (Phi) is 9.19. The number of hydrogen-bond acceptors (Lipinski definition) is 4. The van der Waals surface area contributed by atoms with Gasteiger partial charge in [-0.3, -0.25) is 4.90 Å². The van der Waals surface area contributed by atoms with Crippen molar-refractivity contribution < 1.29 is 4.52 Å². The van der Waals surface area contributed by atoms with Gasteiger partial charge in [0.15, 0.2) is 11.7 Å². The third kappa shape index (κ3) is 6.22. The number of piperidine rings is 2. The average molecular weight is 537 g/mol. The van der Waals surface area contributed by atoms with E-state index in [4.69, 9.17) is 9.52 Å². The molecule has 2 atom stereocenters. The number of guanidine groups is 1. The van der Waals surface area contributed by atoms with Crippen molar-refractivity contribution in [3.05, 3.63) is 53.4 Å². The van der Waals surface area contributed by atoms with Gasteiger partial charge in [-0.1, -0.05) is 42.4 Å². The first-order valence-corrected chi connectivity index (χ1v) is 11.5. The summed E-state index contributed by atoms with van der Waals surface area (Å²) in [6.07, 6.45) is 4.69. The number of aryl methyl sites for hydroxylation is 1. The lowest BCUT2D eigenvalue weighted by Gasteiger charge is -2.48. The Hall–Kier alpha value is -1.61. The van der Waals surface area contributed by atoms with Crippen molar-refractivity contribution in [2.75, 3.05) is 26.2 Å². The normalized spacial score (nSPS) is 22.0. The fourth-order valence-electron chi connectivity index (χ4n) is 4.89. The second-order valence-electron chi connectivity index (χ2n) is 8.47. The lowest BCUT2D eigenvalue weighted by molar-refractivity contribution is 0.0372. The van der Waals surface area contributed by atoms with Gasteiger partial charge in [0.25, 0.3) is 0 Å². The van der Waals surface area contributed by atoms with Crippen LogP contribution in [0.15, 0.2) is 45.9 Å². The quantitative estimate of drug-likeness (QED) is 0.338. The van der Waals surface area contributed by atoms with E-state index in [1.54, 1.807) is 0 Å². The Morgan fingerprint density at radius 1 is 1.19 bits per heavy atom. The van der Waals surface area contributed by atoms with Crippen molar-refractivity contribution in [2.45, 2.75) is 58.7 Å². The van der Waals surface area contributed by atoms with Crippen LogP contribution < -0.4 is 5.32 Å². The number of hydrogen-bond donors (Lipinski definition) is 1. The van der Waals surface area contributed by atoms with Crippen molar-refractivity contribution in [3.8, 4) is 0 Å². The molecular formula is C24H36IN5O. The minimum atomic E-state index is 0. The molecule has 6 nitrogen and oxygen atoms in total. The number of rotatable bonds is 6. The number of nitrogens with one attached hydrogen (secondary N) is 1. The lowest BCUT2D eigenvalue weighted by Crippen LogP contribution is -2.56. The van der Waals surface area contributed by atoms with Crippen LogP contribution in [0.4, 0.5) is 0 Å². The third-order valence-electron chi connectivity index (χ3n) is 6.40. The molecule has 2 saturated heterocycles. The Morgan fingerprint density at radius 2 is 2.03 bits per heavy atom. The predicted molar refractivity (Wildman–Crippen MR) is 136 cm³/mol. The Bertz CT molecular complexity index is 824. The van der Waals surface area contributed by atoms with Gasteiger partial charge in [-0.05, 0) is 50.6 Å². The van der Waals surface area contributed by atoms with Gasteiger partial charge in [-0.25, -0.2) is 4.99 Å². The Labute approximate surface area is 203 Å². The molecule has 4 rings (SSSR count). The molecule has 2 aliphatic rings. The molecule has 0 radical (unpaired) electrons. The molecule has 170 valence electrons. The number of aliphatic imine (C=N–C) groups is 1. The highest BCUT2D eigenvalue weighted by molar-refractivity contribution is 14.0. The van der Waals surface area contributed by atoms with E-state index in [0.29, 0.717) is 18.5 Å². The molecule has 3 heterocycles. The fraction of sp³-hybridized carbons (Fsp3) is 0.583. The number of benzene rings is 1. The molecule has 2 unspecified atom stereocenters. The molecule has 1 aromatic carbocycles. The van der Waals surface area contributed by atoms with E-state index in [1.165, 1.54) is 31.4 Å². The topological polar surface area (TPSA) is 56.9 Å². The van der Waals surface area contributed by atoms with Crippen molar-refractivity contribution in [1.29, 1.82) is 0 Å². The van der Waals surface area contributed by atoms with Gasteiger partial charge in [0.2, 0.25) is 0 Å². The van der Waals surface area contributed by atoms with Crippen LogP contribution in [-0.4, -0.2) is 53.1 Å². The molecule has 2 aliphatic heterocycles. The molecule has 0 saturated carbocycles. The lowest BCUT2D eigenvalue weighted by atomic mass is 9.83. The molecule has 7 heteroatoms. The molecule has 1 aromatic heterocycles. The molecule has 2 fully saturated rings. The van der Waals surface area contributed by atoms with E-state index < -0.39 is 0 Å². The van der Waals surface area contributed by atoms with Gasteiger partial charge in [-0.15, -0.1) is 24.0 Å². The van der Waals surface area contributed by atoms with Gasteiger partial charge in [0.05, 0.1) is 5.69 Å². The predicted octanol–water partition coefficient (Wildman–Crippen LogP) is 4.31. The van der Waals surface area contributed by atoms with Crippen LogP contribution >= 0.6 is 24.0 Å². The van der Waals surface area contributed by atoms with Crippen molar-refractivity contribution >= 4 is 29.9 Å². The maximum atomic E-state index is 5.42. The van der Waals surface area contributed by atoms with Crippen molar-refractivity contribution in [3.63, 3.8) is 0 Å². The van der Waals surface area contributed by atoms with Crippen LogP contribution in [0.2, 0.25) is 0 Å². The van der Waals surface area contributed by atoms with E-state index >= 15 is 0 Å². The Balaban J connectivity index is 0.00000272. The number of halogens is 1. The summed E-state index contributed by atoms with van der Waals surface area (Å²) in [5.41, 5.74) is 2.42. The summed E-state index contributed by atoms with van der Waals surface area (Å²) in [4.78, 5) is 10.0. The zero-order chi connectivity index (χ0) is 20.8. The number of likely N-dealkylation sites (tertiary alicyclic amines) is 2. The van der Waals surface area contributed by atoms with Crippen LogP contribution in [0.25, 0.3) is 0 Å². The molecular weight excluding hydrogens is 501 g/mol. The average Bonchev–Trinajstić information content (AvgIpc) is 3.25. The zero-order valence-corrected chi connectivity index (χ0v) is 21.1. The summed E-state index contributed by atoms with van der Waals surface area (Å²) in [6.45, 7) is 10.1. The highest BCUT2D eigenvalue weighted by Gasteiger charge is 2.36. The number of aromatic nitrogens is 1. The van der Waals surface area contributed by atoms with Crippen molar-refractivity contribution in [2.24, 2.45) is 10.9 Å². The minimum Gasteiger partial charge on any atom is -0.359 e. The highest BCUT2D eigenvalue weighted by atomic mass is 127. The smallest absolute Gasteiger partial charge is 0.194 e. The number of nitrogens with zero attached hydrogens (tertiary/aromatic N) is 4. The van der Waals surface area contributed by atoms with E-state index in [1.807, 2.05) is 6.07 Å². The molecule has 0 bridgehead atoms. The highest BCUT2D eigenvalue weighted by Crippen LogP contribution is 2.31. The summed E-state index contributed by atoms with van der Waals surface area (Å²) in [5, 5.41) is 7.57. The van der Waals surface area contributed by atoms with Gasteiger partial charge in [0, 0.05) is 38.3 Å². The summed E-state index contributed by atoms with van der Waals surface area (Å²) in [5.74, 6) is 2.55. The van der Waals surface area contributed by atoms with Gasteiger partial charge in [0.1, 0.15) is 6.54 Å². The molecule has 0 aliphatic carbocycles. The van der Waals surface area contributed by atoms with Crippen LogP contribution in [0.3, 0.4) is 0 Å². The zero-order valence-electron chi connectivity index (χ0n) is 18.8. The summed E-state index contributed by atoms with van der Waals surface area (Å²) in [6, 6.07) is 13.6. The van der Waals surface area contributed by atoms with Gasteiger partial charge < -0.3 is 14.7 Å². The number of fused-ring (bicyclic) bond motifs is 1. The maximum Gasteiger partial charge on any atom is 0.194 e. The van der Waals surface area contributed by atoms with E-state index in [9.17, 15) is 0 Å². The summed E-state index contributed by atoms with van der Waals surface area (Å²) < 4.78 is 5.42. The van der Waals surface area contributed by atoms with Crippen LogP contribution in [-0.2, 0) is 19.5 Å². The summed E-state index contributed by atoms with van der Waals surface area (Å²) >= 11 is 0. The van der Waals surface area contributed by atoms with Gasteiger partial charge in [-0.2, -0.15) is 0 Å². The first kappa shape index (κ1) is 24.0. The Morgan fingerprint density at radius 3 is 2.77 bits per heavy atom. The molecule has 0 spiro atoms. The van der Waals surface area contributed by atoms with E-state index in [2.05, 4.69) is 64.5 Å². The molecule has 1 N–H and O–H groups in total. The van der Waals surface area contributed by atoms with E-state index in [0.717, 1.165) is 50.0 Å². The summed E-state index contributed by atoms with van der Waals surface area (Å²) in [7, 11) is 0. The fourth-order valence-corrected chi connectivity index (χ4v) is 4.89. The second kappa shape index (κ2) is 11.9. The second-order valence-corrected chi connectivity index (χ2v) is 8.47. The van der Waals surface area contributed by atoms with Crippen LogP contribution in [0.1, 0.15) is 50.1 Å². The monoisotopic (exact) mass is 537 g/mol.